The molecule has 0 aromatic carbocycles. The van der Waals surface area contributed by atoms with Crippen molar-refractivity contribution in [2.45, 2.75) is 31.4 Å². The van der Waals surface area contributed by atoms with Crippen molar-refractivity contribution in [3.8, 4) is 0 Å². The molecule has 4 nitrogen and oxygen atoms in total. The molecule has 0 radical (unpaired) electrons. The molecule has 2 unspecified atom stereocenters. The number of aliphatic hydroxyl groups is 1. The molecule has 17 heavy (non-hydrogen) atoms. The number of guanidine groups is 1. The highest BCUT2D eigenvalue weighted by molar-refractivity contribution is 14.0. The first-order valence-corrected chi connectivity index (χ1v) is 6.12. The smallest absolute Gasteiger partial charge is 0.194 e. The fraction of sp³-hybridized carbons (Fsp3) is 0.750. The summed E-state index contributed by atoms with van der Waals surface area (Å²) in [6, 6.07) is 0.439. The molecule has 2 N–H and O–H groups in total. The van der Waals surface area contributed by atoms with Crippen LogP contribution in [0.5, 0.6) is 0 Å². The molecule has 2 atom stereocenters. The molecule has 1 saturated carbocycles. The van der Waals surface area contributed by atoms with E-state index in [1.165, 1.54) is 5.57 Å². The number of fused-ring (bicyclic) bond motifs is 1. The molecular formula is C12H20IN3O. The Bertz CT molecular complexity index is 337. The van der Waals surface area contributed by atoms with Gasteiger partial charge < -0.3 is 15.3 Å². The maximum atomic E-state index is 9.59. The molecule has 2 heterocycles. The third kappa shape index (κ3) is 2.59. The van der Waals surface area contributed by atoms with Crippen molar-refractivity contribution in [1.29, 1.82) is 0 Å². The van der Waals surface area contributed by atoms with E-state index in [1.807, 2.05) is 0 Å². The second-order valence-corrected chi connectivity index (χ2v) is 5.27. The first kappa shape index (κ1) is 13.1. The van der Waals surface area contributed by atoms with Gasteiger partial charge in [-0.25, -0.2) is 0 Å². The lowest BCUT2D eigenvalue weighted by atomic mass is 9.81. The SMILES string of the molecule is C=C1CC(CNC2=NCC3CC(O)CN23)C1.I. The van der Waals surface area contributed by atoms with Gasteiger partial charge in [-0.15, -0.1) is 24.0 Å². The number of aliphatic hydroxyl groups excluding tert-OH is 1. The zero-order valence-electron chi connectivity index (χ0n) is 9.93. The van der Waals surface area contributed by atoms with Crippen LogP contribution in [0.2, 0.25) is 0 Å². The highest BCUT2D eigenvalue weighted by Gasteiger charge is 2.36. The predicted molar refractivity (Wildman–Crippen MR) is 78.7 cm³/mol. The number of aliphatic imine (C=N–C) groups is 1. The number of hydrogen-bond acceptors (Lipinski definition) is 4. The number of halogens is 1. The third-order valence-corrected chi connectivity index (χ3v) is 3.82. The monoisotopic (exact) mass is 349 g/mol. The van der Waals surface area contributed by atoms with Crippen molar-refractivity contribution in [3.05, 3.63) is 12.2 Å². The minimum absolute atomic E-state index is 0. The highest BCUT2D eigenvalue weighted by atomic mass is 127. The Labute approximate surface area is 119 Å². The van der Waals surface area contributed by atoms with Crippen molar-refractivity contribution >= 4 is 29.9 Å². The van der Waals surface area contributed by atoms with E-state index in [-0.39, 0.29) is 30.1 Å². The minimum Gasteiger partial charge on any atom is -0.391 e. The molecule has 5 heteroatoms. The van der Waals surface area contributed by atoms with Crippen LogP contribution in [0.15, 0.2) is 17.1 Å². The number of rotatable bonds is 2. The Morgan fingerprint density at radius 1 is 1.47 bits per heavy atom. The van der Waals surface area contributed by atoms with Gasteiger partial charge >= 0.3 is 0 Å². The van der Waals surface area contributed by atoms with Crippen LogP contribution in [0.3, 0.4) is 0 Å². The van der Waals surface area contributed by atoms with Crippen LogP contribution in [0.4, 0.5) is 0 Å². The van der Waals surface area contributed by atoms with E-state index < -0.39 is 0 Å². The number of hydrogen-bond donors (Lipinski definition) is 2. The molecule has 0 bridgehead atoms. The molecule has 1 saturated heterocycles. The second kappa shape index (κ2) is 5.14. The highest BCUT2D eigenvalue weighted by Crippen LogP contribution is 2.30. The van der Waals surface area contributed by atoms with Gasteiger partial charge in [0.2, 0.25) is 0 Å². The summed E-state index contributed by atoms with van der Waals surface area (Å²) >= 11 is 0. The molecule has 0 spiro atoms. The summed E-state index contributed by atoms with van der Waals surface area (Å²) in [6.07, 6.45) is 3.02. The fourth-order valence-corrected chi connectivity index (χ4v) is 2.90. The standard InChI is InChI=1S/C12H19N3O.HI/c1-8-2-9(3-8)5-13-12-14-6-10-4-11(16)7-15(10)12;/h9-11,16H,1-7H2,(H,13,14);1H. The van der Waals surface area contributed by atoms with Crippen molar-refractivity contribution in [2.75, 3.05) is 19.6 Å². The van der Waals surface area contributed by atoms with E-state index in [0.717, 1.165) is 50.8 Å². The summed E-state index contributed by atoms with van der Waals surface area (Å²) < 4.78 is 0. The molecule has 1 aliphatic carbocycles. The Kier molecular flexibility index (Phi) is 3.97. The van der Waals surface area contributed by atoms with Gasteiger partial charge in [0.25, 0.3) is 0 Å². The number of nitrogens with zero attached hydrogens (tertiary/aromatic N) is 2. The number of nitrogens with one attached hydrogen (secondary N) is 1. The summed E-state index contributed by atoms with van der Waals surface area (Å²) in [5, 5.41) is 13.0. The van der Waals surface area contributed by atoms with Gasteiger partial charge in [0.1, 0.15) is 0 Å². The number of allylic oxidation sites excluding steroid dienone is 1. The second-order valence-electron chi connectivity index (χ2n) is 5.27. The molecule has 3 aliphatic rings. The van der Waals surface area contributed by atoms with Crippen LogP contribution in [0.1, 0.15) is 19.3 Å². The van der Waals surface area contributed by atoms with Crippen LogP contribution in [-0.2, 0) is 0 Å². The summed E-state index contributed by atoms with van der Waals surface area (Å²) in [5.74, 6) is 1.74. The normalized spacial score (nSPS) is 31.7. The average molecular weight is 349 g/mol. The Morgan fingerprint density at radius 3 is 2.94 bits per heavy atom. The van der Waals surface area contributed by atoms with Gasteiger partial charge in [0.15, 0.2) is 5.96 Å². The average Bonchev–Trinajstić information content (AvgIpc) is 2.70. The topological polar surface area (TPSA) is 47.9 Å². The predicted octanol–water partition coefficient (Wildman–Crippen LogP) is 0.965. The summed E-state index contributed by atoms with van der Waals surface area (Å²) in [5.41, 5.74) is 1.37. The lowest BCUT2D eigenvalue weighted by Gasteiger charge is -2.30. The van der Waals surface area contributed by atoms with E-state index in [2.05, 4.69) is 21.8 Å². The molecule has 0 amide bonds. The van der Waals surface area contributed by atoms with E-state index in [4.69, 9.17) is 0 Å². The Morgan fingerprint density at radius 2 is 2.24 bits per heavy atom. The van der Waals surface area contributed by atoms with Gasteiger partial charge in [-0.1, -0.05) is 12.2 Å². The van der Waals surface area contributed by atoms with Gasteiger partial charge in [-0.05, 0) is 25.2 Å². The van der Waals surface area contributed by atoms with Crippen LogP contribution in [-0.4, -0.2) is 47.7 Å². The zero-order valence-corrected chi connectivity index (χ0v) is 12.3. The Hall–Kier alpha value is -0.300. The molecular weight excluding hydrogens is 329 g/mol. The first-order valence-electron chi connectivity index (χ1n) is 6.12. The minimum atomic E-state index is -0.166. The lowest BCUT2D eigenvalue weighted by Crippen LogP contribution is -2.43. The van der Waals surface area contributed by atoms with Gasteiger partial charge in [-0.2, -0.15) is 0 Å². The van der Waals surface area contributed by atoms with E-state index in [1.54, 1.807) is 0 Å². The van der Waals surface area contributed by atoms with Crippen LogP contribution >= 0.6 is 24.0 Å². The Balaban J connectivity index is 0.00000108. The van der Waals surface area contributed by atoms with Crippen molar-refractivity contribution < 1.29 is 5.11 Å². The largest absolute Gasteiger partial charge is 0.391 e. The van der Waals surface area contributed by atoms with Crippen LogP contribution < -0.4 is 5.32 Å². The fourth-order valence-electron chi connectivity index (χ4n) is 2.90. The quantitative estimate of drug-likeness (QED) is 0.577. The van der Waals surface area contributed by atoms with E-state index in [0.29, 0.717) is 6.04 Å². The summed E-state index contributed by atoms with van der Waals surface area (Å²) in [6.45, 7) is 6.54. The maximum absolute atomic E-state index is 9.59. The molecule has 2 fully saturated rings. The molecule has 2 aliphatic heterocycles. The van der Waals surface area contributed by atoms with Crippen molar-refractivity contribution in [1.82, 2.24) is 10.2 Å². The van der Waals surface area contributed by atoms with Crippen molar-refractivity contribution in [2.24, 2.45) is 10.9 Å². The zero-order chi connectivity index (χ0) is 11.1. The summed E-state index contributed by atoms with van der Waals surface area (Å²) in [4.78, 5) is 6.72. The summed E-state index contributed by atoms with van der Waals surface area (Å²) in [7, 11) is 0. The van der Waals surface area contributed by atoms with Crippen LogP contribution in [0, 0.1) is 5.92 Å². The first-order chi connectivity index (χ1) is 7.72. The molecule has 0 aromatic rings. The van der Waals surface area contributed by atoms with Gasteiger partial charge in [-0.3, -0.25) is 4.99 Å². The molecule has 3 rings (SSSR count). The molecule has 96 valence electrons. The molecule has 0 aromatic heterocycles. The third-order valence-electron chi connectivity index (χ3n) is 3.82. The lowest BCUT2D eigenvalue weighted by molar-refractivity contribution is 0.187. The van der Waals surface area contributed by atoms with Gasteiger partial charge in [0, 0.05) is 13.1 Å². The van der Waals surface area contributed by atoms with E-state index in [9.17, 15) is 5.11 Å². The van der Waals surface area contributed by atoms with Gasteiger partial charge in [0.05, 0.1) is 18.7 Å². The maximum Gasteiger partial charge on any atom is 0.194 e. The van der Waals surface area contributed by atoms with Crippen LogP contribution in [0.25, 0.3) is 0 Å². The van der Waals surface area contributed by atoms with Crippen molar-refractivity contribution in [3.63, 3.8) is 0 Å². The van der Waals surface area contributed by atoms with E-state index >= 15 is 0 Å².